The largest absolute Gasteiger partial charge is 0.482 e. The van der Waals surface area contributed by atoms with Crippen molar-refractivity contribution >= 4 is 51.5 Å². The number of benzene rings is 1. The van der Waals surface area contributed by atoms with E-state index in [0.29, 0.717) is 26.6 Å². The second-order valence-electron chi connectivity index (χ2n) is 4.31. The van der Waals surface area contributed by atoms with Gasteiger partial charge in [0.1, 0.15) is 5.75 Å². The number of thiazole rings is 1. The minimum Gasteiger partial charge on any atom is -0.482 e. The summed E-state index contributed by atoms with van der Waals surface area (Å²) in [6.07, 6.45) is 0.0553. The van der Waals surface area contributed by atoms with Gasteiger partial charge in [-0.1, -0.05) is 23.2 Å². The van der Waals surface area contributed by atoms with Gasteiger partial charge in [0.2, 0.25) is 0 Å². The minimum absolute atomic E-state index is 0.0553. The molecule has 1 amide bonds. The molecule has 0 bridgehead atoms. The number of esters is 1. The first-order valence-corrected chi connectivity index (χ1v) is 8.00. The molecule has 2 rings (SSSR count). The molecule has 2 aromatic rings. The molecular weight excluding hydrogens is 363 g/mol. The molecule has 1 heterocycles. The van der Waals surface area contributed by atoms with Crippen LogP contribution in [0.25, 0.3) is 0 Å². The van der Waals surface area contributed by atoms with Crippen LogP contribution >= 0.6 is 34.5 Å². The number of hydrogen-bond donors (Lipinski definition) is 1. The molecule has 122 valence electrons. The Labute approximate surface area is 146 Å². The predicted molar refractivity (Wildman–Crippen MR) is 88.4 cm³/mol. The predicted octanol–water partition coefficient (Wildman–Crippen LogP) is 3.18. The molecular formula is C14H12Cl2N2O4S. The summed E-state index contributed by atoms with van der Waals surface area (Å²) in [5.41, 5.74) is 0.527. The maximum Gasteiger partial charge on any atom is 0.311 e. The second kappa shape index (κ2) is 8.14. The SMILES string of the molecule is COC(=O)Cc1csc(NC(=O)COc2ccc(Cl)cc2Cl)n1. The van der Waals surface area contributed by atoms with Crippen molar-refractivity contribution in [2.75, 3.05) is 19.0 Å². The summed E-state index contributed by atoms with van der Waals surface area (Å²) in [6.45, 7) is -0.229. The van der Waals surface area contributed by atoms with Gasteiger partial charge in [0.05, 0.1) is 24.2 Å². The van der Waals surface area contributed by atoms with E-state index in [1.807, 2.05) is 0 Å². The molecule has 0 atom stereocenters. The fourth-order valence-electron chi connectivity index (χ4n) is 1.56. The van der Waals surface area contributed by atoms with Crippen molar-refractivity contribution in [3.63, 3.8) is 0 Å². The van der Waals surface area contributed by atoms with Crippen molar-refractivity contribution in [3.8, 4) is 5.75 Å². The minimum atomic E-state index is -0.395. The van der Waals surface area contributed by atoms with Crippen LogP contribution in [0.4, 0.5) is 5.13 Å². The number of rotatable bonds is 6. The third-order valence-corrected chi connectivity index (χ3v) is 3.94. The van der Waals surface area contributed by atoms with E-state index in [4.69, 9.17) is 27.9 Å². The fraction of sp³-hybridized carbons (Fsp3) is 0.214. The Balaban J connectivity index is 1.86. The van der Waals surface area contributed by atoms with E-state index in [9.17, 15) is 9.59 Å². The number of ether oxygens (including phenoxy) is 2. The average Bonchev–Trinajstić information content (AvgIpc) is 2.93. The van der Waals surface area contributed by atoms with Crippen LogP contribution in [0.5, 0.6) is 5.75 Å². The quantitative estimate of drug-likeness (QED) is 0.785. The highest BCUT2D eigenvalue weighted by Gasteiger charge is 2.11. The van der Waals surface area contributed by atoms with Crippen LogP contribution in [0, 0.1) is 0 Å². The topological polar surface area (TPSA) is 77.5 Å². The Bertz CT molecular complexity index is 721. The van der Waals surface area contributed by atoms with E-state index in [-0.39, 0.29) is 13.0 Å². The van der Waals surface area contributed by atoms with Gasteiger partial charge in [-0.05, 0) is 18.2 Å². The molecule has 1 aromatic heterocycles. The summed E-state index contributed by atoms with van der Waals surface area (Å²) in [6, 6.07) is 4.71. The van der Waals surface area contributed by atoms with Crippen molar-refractivity contribution in [1.29, 1.82) is 0 Å². The summed E-state index contributed by atoms with van der Waals surface area (Å²) in [7, 11) is 1.30. The lowest BCUT2D eigenvalue weighted by Gasteiger charge is -2.07. The van der Waals surface area contributed by atoms with Gasteiger partial charge in [-0.15, -0.1) is 11.3 Å². The number of carbonyl (C=O) groups excluding carboxylic acids is 2. The zero-order valence-corrected chi connectivity index (χ0v) is 14.3. The summed E-state index contributed by atoms with van der Waals surface area (Å²) in [5.74, 6) is -0.430. The molecule has 0 aliphatic carbocycles. The van der Waals surface area contributed by atoms with Crippen molar-refractivity contribution in [2.45, 2.75) is 6.42 Å². The number of methoxy groups -OCH3 is 1. The molecule has 0 unspecified atom stereocenters. The molecule has 0 saturated carbocycles. The zero-order chi connectivity index (χ0) is 16.8. The number of nitrogens with one attached hydrogen (secondary N) is 1. The van der Waals surface area contributed by atoms with E-state index >= 15 is 0 Å². The Morgan fingerprint density at radius 3 is 2.83 bits per heavy atom. The van der Waals surface area contributed by atoms with Crippen LogP contribution in [-0.2, 0) is 20.7 Å². The van der Waals surface area contributed by atoms with Crippen molar-refractivity contribution in [3.05, 3.63) is 39.3 Å². The van der Waals surface area contributed by atoms with E-state index in [2.05, 4.69) is 15.0 Å². The van der Waals surface area contributed by atoms with Crippen LogP contribution in [0.15, 0.2) is 23.6 Å². The lowest BCUT2D eigenvalue weighted by atomic mass is 10.3. The first-order chi connectivity index (χ1) is 11.0. The van der Waals surface area contributed by atoms with Gasteiger partial charge in [0.15, 0.2) is 11.7 Å². The molecule has 0 fully saturated rings. The smallest absolute Gasteiger partial charge is 0.311 e. The number of carbonyl (C=O) groups is 2. The first-order valence-electron chi connectivity index (χ1n) is 6.37. The zero-order valence-electron chi connectivity index (χ0n) is 12.0. The van der Waals surface area contributed by atoms with Gasteiger partial charge in [0.25, 0.3) is 5.91 Å². The maximum atomic E-state index is 11.8. The van der Waals surface area contributed by atoms with Gasteiger partial charge in [0, 0.05) is 10.4 Å². The molecule has 6 nitrogen and oxygen atoms in total. The summed E-state index contributed by atoms with van der Waals surface area (Å²) >= 11 is 12.9. The van der Waals surface area contributed by atoms with Gasteiger partial charge < -0.3 is 9.47 Å². The number of anilines is 1. The summed E-state index contributed by atoms with van der Waals surface area (Å²) < 4.78 is 9.86. The van der Waals surface area contributed by atoms with E-state index in [1.54, 1.807) is 17.5 Å². The first kappa shape index (κ1) is 17.5. The number of hydrogen-bond acceptors (Lipinski definition) is 6. The third kappa shape index (κ3) is 5.38. The highest BCUT2D eigenvalue weighted by molar-refractivity contribution is 7.13. The molecule has 0 saturated heterocycles. The number of nitrogens with zero attached hydrogens (tertiary/aromatic N) is 1. The Morgan fingerprint density at radius 1 is 1.35 bits per heavy atom. The average molecular weight is 375 g/mol. The Hall–Kier alpha value is -1.83. The Morgan fingerprint density at radius 2 is 2.13 bits per heavy atom. The molecule has 1 N–H and O–H groups in total. The molecule has 1 aromatic carbocycles. The molecule has 0 aliphatic heterocycles. The van der Waals surface area contributed by atoms with Gasteiger partial charge >= 0.3 is 5.97 Å². The standard InChI is InChI=1S/C14H12Cl2N2O4S/c1-21-13(20)5-9-7-23-14(17-9)18-12(19)6-22-11-3-2-8(15)4-10(11)16/h2-4,7H,5-6H2,1H3,(H,17,18,19). The summed E-state index contributed by atoms with van der Waals surface area (Å²) in [4.78, 5) is 27.1. The van der Waals surface area contributed by atoms with Crippen LogP contribution in [0.3, 0.4) is 0 Å². The molecule has 0 aliphatic rings. The van der Waals surface area contributed by atoms with Crippen LogP contribution < -0.4 is 10.1 Å². The maximum absolute atomic E-state index is 11.8. The van der Waals surface area contributed by atoms with E-state index in [1.165, 1.54) is 24.5 Å². The third-order valence-electron chi connectivity index (χ3n) is 2.60. The molecule has 9 heteroatoms. The lowest BCUT2D eigenvalue weighted by molar-refractivity contribution is -0.139. The number of halogens is 2. The molecule has 23 heavy (non-hydrogen) atoms. The lowest BCUT2D eigenvalue weighted by Crippen LogP contribution is -2.20. The van der Waals surface area contributed by atoms with Crippen LogP contribution in [0.1, 0.15) is 5.69 Å². The van der Waals surface area contributed by atoms with Crippen LogP contribution in [0.2, 0.25) is 10.0 Å². The number of aromatic nitrogens is 1. The number of amides is 1. The fourth-order valence-corrected chi connectivity index (χ4v) is 2.75. The second-order valence-corrected chi connectivity index (χ2v) is 6.01. The summed E-state index contributed by atoms with van der Waals surface area (Å²) in [5, 5.41) is 5.42. The normalized spacial score (nSPS) is 10.2. The molecule has 0 radical (unpaired) electrons. The van der Waals surface area contributed by atoms with Crippen molar-refractivity contribution in [2.24, 2.45) is 0 Å². The van der Waals surface area contributed by atoms with Crippen molar-refractivity contribution in [1.82, 2.24) is 4.98 Å². The highest BCUT2D eigenvalue weighted by atomic mass is 35.5. The Kier molecular flexibility index (Phi) is 6.20. The van der Waals surface area contributed by atoms with Gasteiger partial charge in [-0.2, -0.15) is 0 Å². The van der Waals surface area contributed by atoms with Crippen molar-refractivity contribution < 1.29 is 19.1 Å². The van der Waals surface area contributed by atoms with E-state index < -0.39 is 11.9 Å². The van der Waals surface area contributed by atoms with E-state index in [0.717, 1.165) is 0 Å². The van der Waals surface area contributed by atoms with Gasteiger partial charge in [-0.3, -0.25) is 14.9 Å². The highest BCUT2D eigenvalue weighted by Crippen LogP contribution is 2.27. The van der Waals surface area contributed by atoms with Crippen LogP contribution in [-0.4, -0.2) is 30.6 Å². The van der Waals surface area contributed by atoms with Gasteiger partial charge in [-0.25, -0.2) is 4.98 Å². The monoisotopic (exact) mass is 374 g/mol. The molecule has 0 spiro atoms.